The van der Waals surface area contributed by atoms with E-state index in [1.165, 1.54) is 44.9 Å². The lowest BCUT2D eigenvalue weighted by Gasteiger charge is -2.60. The third kappa shape index (κ3) is 2.18. The molecule has 0 heterocycles. The predicted molar refractivity (Wildman–Crippen MR) is 87.3 cm³/mol. The highest BCUT2D eigenvalue weighted by molar-refractivity contribution is 5.16. The lowest BCUT2D eigenvalue weighted by molar-refractivity contribution is -0.0980. The van der Waals surface area contributed by atoms with Crippen LogP contribution in [0.5, 0.6) is 0 Å². The van der Waals surface area contributed by atoms with Crippen LogP contribution in [0, 0.1) is 41.4 Å². The summed E-state index contributed by atoms with van der Waals surface area (Å²) in [6.07, 6.45) is 12.6. The minimum atomic E-state index is 0.518. The first-order valence-corrected chi connectivity index (χ1v) is 8.86. The maximum absolute atomic E-state index is 4.25. The van der Waals surface area contributed by atoms with Gasteiger partial charge in [0.1, 0.15) is 0 Å². The molecule has 0 aliphatic heterocycles. The summed E-state index contributed by atoms with van der Waals surface area (Å²) in [6, 6.07) is 0. The lowest BCUT2D eigenvalue weighted by atomic mass is 9.45. The van der Waals surface area contributed by atoms with Crippen molar-refractivity contribution in [2.45, 2.75) is 72.6 Å². The van der Waals surface area contributed by atoms with Crippen LogP contribution in [0.15, 0.2) is 11.6 Å². The van der Waals surface area contributed by atoms with Crippen LogP contribution in [0.25, 0.3) is 0 Å². The third-order valence-corrected chi connectivity index (χ3v) is 7.28. The Hall–Kier alpha value is -0.260. The molecule has 0 spiro atoms. The van der Waals surface area contributed by atoms with Crippen molar-refractivity contribution in [3.05, 3.63) is 18.6 Å². The summed E-state index contributed by atoms with van der Waals surface area (Å²) < 4.78 is 0. The van der Waals surface area contributed by atoms with Crippen LogP contribution in [0.1, 0.15) is 72.6 Å². The quantitative estimate of drug-likeness (QED) is 0.404. The van der Waals surface area contributed by atoms with E-state index in [2.05, 4.69) is 40.7 Å². The second-order valence-electron chi connectivity index (χ2n) is 8.96. The van der Waals surface area contributed by atoms with Crippen LogP contribution in [0.4, 0.5) is 0 Å². The predicted octanol–water partition coefficient (Wildman–Crippen LogP) is 6.04. The highest BCUT2D eigenvalue weighted by Crippen LogP contribution is 2.63. The first-order valence-electron chi connectivity index (χ1n) is 8.86. The van der Waals surface area contributed by atoms with Crippen LogP contribution in [-0.4, -0.2) is 0 Å². The molecule has 114 valence electrons. The first-order chi connectivity index (χ1) is 9.34. The van der Waals surface area contributed by atoms with Crippen LogP contribution in [-0.2, 0) is 0 Å². The van der Waals surface area contributed by atoms with Crippen molar-refractivity contribution in [3.8, 4) is 0 Å². The van der Waals surface area contributed by atoms with Gasteiger partial charge in [0.25, 0.3) is 0 Å². The first kappa shape index (κ1) is 14.7. The fourth-order valence-corrected chi connectivity index (χ4v) is 6.22. The summed E-state index contributed by atoms with van der Waals surface area (Å²) in [5.41, 5.74) is 2.82. The maximum atomic E-state index is 4.25. The van der Waals surface area contributed by atoms with Gasteiger partial charge in [0.2, 0.25) is 0 Å². The third-order valence-electron chi connectivity index (χ3n) is 7.28. The van der Waals surface area contributed by atoms with Crippen LogP contribution in [0.2, 0.25) is 0 Å². The average molecular weight is 273 g/mol. The summed E-state index contributed by atoms with van der Waals surface area (Å²) in [4.78, 5) is 0. The standard InChI is InChI=1S/C20H33/c1-14(2)15-7-9-17-16(13-15)8-10-18-19(3,4)11-6-12-20(17,18)5/h7,14,16-18H,1,6,8-13H2,2-5H3/q-1/t14-,16-,17-,18-,20+/m0/s1. The lowest BCUT2D eigenvalue weighted by Crippen LogP contribution is -2.52. The zero-order valence-electron chi connectivity index (χ0n) is 14.0. The topological polar surface area (TPSA) is 0 Å². The summed E-state index contributed by atoms with van der Waals surface area (Å²) in [5.74, 6) is 3.37. The van der Waals surface area contributed by atoms with Crippen molar-refractivity contribution >= 4 is 0 Å². The Morgan fingerprint density at radius 1 is 1.20 bits per heavy atom. The molecule has 20 heavy (non-hydrogen) atoms. The molecule has 0 heteroatoms. The summed E-state index contributed by atoms with van der Waals surface area (Å²) >= 11 is 0. The number of allylic oxidation sites excluding steroid dienone is 2. The monoisotopic (exact) mass is 273 g/mol. The zero-order chi connectivity index (χ0) is 14.5. The molecule has 3 aliphatic rings. The molecule has 0 aromatic rings. The number of fused-ring (bicyclic) bond motifs is 3. The van der Waals surface area contributed by atoms with Crippen molar-refractivity contribution < 1.29 is 0 Å². The molecule has 0 unspecified atom stereocenters. The molecular weight excluding hydrogens is 240 g/mol. The molecule has 2 fully saturated rings. The molecular formula is C20H33-. The zero-order valence-corrected chi connectivity index (χ0v) is 14.0. The second-order valence-corrected chi connectivity index (χ2v) is 8.96. The molecule has 0 amide bonds. The van der Waals surface area contributed by atoms with Gasteiger partial charge in [-0.3, -0.25) is 0 Å². The smallest absolute Gasteiger partial charge is 0.0258 e. The summed E-state index contributed by atoms with van der Waals surface area (Å²) in [7, 11) is 0. The Labute approximate surface area is 126 Å². The van der Waals surface area contributed by atoms with Gasteiger partial charge >= 0.3 is 0 Å². The molecule has 5 atom stereocenters. The molecule has 0 aromatic heterocycles. The van der Waals surface area contributed by atoms with Crippen molar-refractivity contribution in [1.29, 1.82) is 0 Å². The van der Waals surface area contributed by atoms with Gasteiger partial charge in [0.05, 0.1) is 0 Å². The molecule has 3 rings (SSSR count). The van der Waals surface area contributed by atoms with Gasteiger partial charge in [0.15, 0.2) is 0 Å². The van der Waals surface area contributed by atoms with Crippen molar-refractivity contribution in [2.75, 3.05) is 0 Å². The van der Waals surface area contributed by atoms with Crippen LogP contribution >= 0.6 is 0 Å². The Morgan fingerprint density at radius 3 is 2.65 bits per heavy atom. The van der Waals surface area contributed by atoms with Crippen molar-refractivity contribution in [1.82, 2.24) is 0 Å². The molecule has 2 saturated carbocycles. The van der Waals surface area contributed by atoms with E-state index in [1.54, 1.807) is 5.57 Å². The van der Waals surface area contributed by atoms with Gasteiger partial charge in [-0.25, -0.2) is 0 Å². The number of rotatable bonds is 1. The molecule has 0 N–H and O–H groups in total. The van der Waals surface area contributed by atoms with Gasteiger partial charge in [0, 0.05) is 0 Å². The van der Waals surface area contributed by atoms with E-state index in [9.17, 15) is 0 Å². The Kier molecular flexibility index (Phi) is 3.58. The van der Waals surface area contributed by atoms with Crippen molar-refractivity contribution in [2.24, 2.45) is 34.5 Å². The Bertz CT molecular complexity index is 400. The highest BCUT2D eigenvalue weighted by Gasteiger charge is 2.54. The minimum absolute atomic E-state index is 0.518. The minimum Gasteiger partial charge on any atom is -0.337 e. The Balaban J connectivity index is 1.88. The summed E-state index contributed by atoms with van der Waals surface area (Å²) in [6.45, 7) is 14.2. The fraction of sp³-hybridized carbons (Fsp3) is 0.850. The SMILES string of the molecule is [CH2-][C@@H](C)C1=CC[C@H]2[C@@H](CC[C@H]3C(C)(C)CCC[C@]23C)C1. The van der Waals surface area contributed by atoms with E-state index in [0.717, 1.165) is 17.8 Å². The van der Waals surface area contributed by atoms with Crippen molar-refractivity contribution in [3.63, 3.8) is 0 Å². The molecule has 0 radical (unpaired) electrons. The molecule has 3 aliphatic carbocycles. The van der Waals surface area contributed by atoms with Gasteiger partial charge in [-0.2, -0.15) is 5.92 Å². The van der Waals surface area contributed by atoms with Crippen LogP contribution in [0.3, 0.4) is 0 Å². The number of hydrogen-bond acceptors (Lipinski definition) is 0. The van der Waals surface area contributed by atoms with Gasteiger partial charge < -0.3 is 6.92 Å². The van der Waals surface area contributed by atoms with Crippen LogP contribution < -0.4 is 0 Å². The largest absolute Gasteiger partial charge is 0.337 e. The average Bonchev–Trinajstić information content (AvgIpc) is 2.37. The molecule has 0 aromatic carbocycles. The summed E-state index contributed by atoms with van der Waals surface area (Å²) in [5, 5.41) is 0. The van der Waals surface area contributed by atoms with E-state index in [4.69, 9.17) is 0 Å². The molecule has 0 saturated heterocycles. The van der Waals surface area contributed by atoms with Gasteiger partial charge in [-0.1, -0.05) is 40.2 Å². The fourth-order valence-electron chi connectivity index (χ4n) is 6.22. The van der Waals surface area contributed by atoms with Gasteiger partial charge in [-0.05, 0) is 67.1 Å². The second kappa shape index (κ2) is 4.89. The highest BCUT2D eigenvalue weighted by atomic mass is 14.6. The van der Waals surface area contributed by atoms with Gasteiger partial charge in [-0.15, -0.1) is 5.57 Å². The molecule has 0 nitrogen and oxygen atoms in total. The number of hydrogen-bond donors (Lipinski definition) is 0. The Morgan fingerprint density at radius 2 is 1.95 bits per heavy atom. The van der Waals surface area contributed by atoms with E-state index in [1.807, 2.05) is 0 Å². The van der Waals surface area contributed by atoms with E-state index in [0.29, 0.717) is 16.7 Å². The van der Waals surface area contributed by atoms with E-state index >= 15 is 0 Å². The van der Waals surface area contributed by atoms with E-state index < -0.39 is 0 Å². The van der Waals surface area contributed by atoms with E-state index in [-0.39, 0.29) is 0 Å². The normalized spacial score (nSPS) is 45.0. The molecule has 0 bridgehead atoms. The maximum Gasteiger partial charge on any atom is -0.0258 e.